The van der Waals surface area contributed by atoms with E-state index in [-0.39, 0.29) is 10.6 Å². The molecule has 0 aliphatic heterocycles. The number of carbonyl (C=O) groups excluding carboxylic acids is 1. The van der Waals surface area contributed by atoms with Gasteiger partial charge in [0.05, 0.1) is 15.8 Å². The molecule has 0 fully saturated rings. The normalized spacial score (nSPS) is 11.5. The molecule has 10 heteroatoms. The second-order valence-corrected chi connectivity index (χ2v) is 6.29. The van der Waals surface area contributed by atoms with Crippen molar-refractivity contribution in [3.63, 3.8) is 0 Å². The van der Waals surface area contributed by atoms with Gasteiger partial charge in [-0.2, -0.15) is 13.2 Å². The maximum absolute atomic E-state index is 12.2. The molecule has 3 rings (SSSR count). The van der Waals surface area contributed by atoms with E-state index in [1.54, 1.807) is 0 Å². The summed E-state index contributed by atoms with van der Waals surface area (Å²) in [7, 11) is 0. The van der Waals surface area contributed by atoms with Crippen LogP contribution in [0.15, 0.2) is 36.5 Å². The van der Waals surface area contributed by atoms with Crippen LogP contribution in [0, 0.1) is 0 Å². The number of hydrogen-bond acceptors (Lipinski definition) is 5. The lowest BCUT2D eigenvalue weighted by Crippen LogP contribution is -2.20. The van der Waals surface area contributed by atoms with Gasteiger partial charge in [0.2, 0.25) is 5.88 Å². The number of rotatable bonds is 4. The van der Waals surface area contributed by atoms with E-state index in [4.69, 9.17) is 11.6 Å². The lowest BCUT2D eigenvalue weighted by atomic mass is 10.2. The van der Waals surface area contributed by atoms with Gasteiger partial charge in [-0.05, 0) is 18.2 Å². The van der Waals surface area contributed by atoms with Crippen LogP contribution < -0.4 is 10.1 Å². The summed E-state index contributed by atoms with van der Waals surface area (Å²) in [5.74, 6) is -0.925. The molecule has 0 unspecified atom stereocenters. The van der Waals surface area contributed by atoms with Gasteiger partial charge in [-0.25, -0.2) is 9.97 Å². The van der Waals surface area contributed by atoms with Gasteiger partial charge in [0.25, 0.3) is 5.91 Å². The number of carbonyl (C=O) groups is 1. The molecular formula is C15H9ClF3N3O2S. The Morgan fingerprint density at radius 2 is 2.08 bits per heavy atom. The van der Waals surface area contributed by atoms with Crippen LogP contribution in [0.5, 0.6) is 5.88 Å². The molecule has 5 nitrogen and oxygen atoms in total. The number of aromatic nitrogens is 2. The lowest BCUT2D eigenvalue weighted by Gasteiger charge is -2.10. The first kappa shape index (κ1) is 17.4. The number of hydrogen-bond donors (Lipinski definition) is 1. The molecule has 25 heavy (non-hydrogen) atoms. The van der Waals surface area contributed by atoms with E-state index >= 15 is 0 Å². The zero-order valence-electron chi connectivity index (χ0n) is 12.3. The lowest BCUT2D eigenvalue weighted by molar-refractivity contribution is -0.154. The summed E-state index contributed by atoms with van der Waals surface area (Å²) in [6.45, 7) is -1.52. The van der Waals surface area contributed by atoms with Crippen molar-refractivity contribution in [2.75, 3.05) is 11.9 Å². The number of nitrogens with one attached hydrogen (secondary N) is 1. The van der Waals surface area contributed by atoms with E-state index in [1.165, 1.54) is 17.4 Å². The Morgan fingerprint density at radius 1 is 1.32 bits per heavy atom. The highest BCUT2D eigenvalue weighted by Crippen LogP contribution is 2.27. The minimum Gasteiger partial charge on any atom is -0.467 e. The van der Waals surface area contributed by atoms with Crippen molar-refractivity contribution < 1.29 is 22.7 Å². The Balaban J connectivity index is 1.72. The van der Waals surface area contributed by atoms with Gasteiger partial charge in [0.1, 0.15) is 5.02 Å². The highest BCUT2D eigenvalue weighted by Gasteiger charge is 2.29. The smallest absolute Gasteiger partial charge is 0.422 e. The standard InChI is InChI=1S/C15H9ClF3N3O2S/c16-9-5-8(6-20-13(9)24-7-15(17,18)19)12(23)22-14-21-10-3-1-2-4-11(10)25-14/h1-6H,7H2,(H,21,22,23). The topological polar surface area (TPSA) is 64.1 Å². The monoisotopic (exact) mass is 387 g/mol. The van der Waals surface area contributed by atoms with Crippen molar-refractivity contribution in [2.45, 2.75) is 6.18 Å². The fourth-order valence-corrected chi connectivity index (χ4v) is 2.98. The molecule has 0 aliphatic rings. The van der Waals surface area contributed by atoms with Crippen LogP contribution in [0.4, 0.5) is 18.3 Å². The summed E-state index contributed by atoms with van der Waals surface area (Å²) in [6.07, 6.45) is -3.42. The quantitative estimate of drug-likeness (QED) is 0.714. The molecular weight excluding hydrogens is 379 g/mol. The summed E-state index contributed by atoms with van der Waals surface area (Å²) in [5.41, 5.74) is 0.818. The van der Waals surface area contributed by atoms with Gasteiger partial charge in [-0.15, -0.1) is 0 Å². The maximum atomic E-state index is 12.2. The molecule has 1 amide bonds. The number of anilines is 1. The predicted molar refractivity (Wildman–Crippen MR) is 88.4 cm³/mol. The van der Waals surface area contributed by atoms with E-state index in [1.807, 2.05) is 24.3 Å². The number of pyridine rings is 1. The van der Waals surface area contributed by atoms with Crippen molar-refractivity contribution >= 4 is 44.2 Å². The van der Waals surface area contributed by atoms with Crippen LogP contribution >= 0.6 is 22.9 Å². The Morgan fingerprint density at radius 3 is 2.76 bits per heavy atom. The summed E-state index contributed by atoms with van der Waals surface area (Å²) in [6, 6.07) is 8.55. The van der Waals surface area contributed by atoms with E-state index in [0.717, 1.165) is 16.4 Å². The Labute approximate surface area is 148 Å². The predicted octanol–water partition coefficient (Wildman–Crippen LogP) is 4.54. The van der Waals surface area contributed by atoms with E-state index in [0.29, 0.717) is 5.13 Å². The summed E-state index contributed by atoms with van der Waals surface area (Å²) in [5, 5.41) is 2.79. The number of ether oxygens (including phenoxy) is 1. The molecule has 0 bridgehead atoms. The minimum atomic E-state index is -4.51. The number of halogens is 4. The van der Waals surface area contributed by atoms with Crippen LogP contribution in [0.3, 0.4) is 0 Å². The average Bonchev–Trinajstić information content (AvgIpc) is 2.95. The Hall–Kier alpha value is -2.39. The highest BCUT2D eigenvalue weighted by atomic mass is 35.5. The van der Waals surface area contributed by atoms with Crippen LogP contribution in [0.1, 0.15) is 10.4 Å². The largest absolute Gasteiger partial charge is 0.467 e. The fourth-order valence-electron chi connectivity index (χ4n) is 1.90. The number of benzene rings is 1. The third-order valence-corrected chi connectivity index (χ3v) is 4.18. The van der Waals surface area contributed by atoms with Crippen LogP contribution in [0.25, 0.3) is 10.2 Å². The minimum absolute atomic E-state index is 0.0728. The summed E-state index contributed by atoms with van der Waals surface area (Å²) in [4.78, 5) is 20.1. The van der Waals surface area contributed by atoms with Crippen molar-refractivity contribution in [3.8, 4) is 5.88 Å². The highest BCUT2D eigenvalue weighted by molar-refractivity contribution is 7.22. The molecule has 2 aromatic heterocycles. The molecule has 130 valence electrons. The molecule has 0 saturated carbocycles. The number of para-hydroxylation sites is 1. The summed E-state index contributed by atoms with van der Waals surface area (Å²) >= 11 is 7.11. The number of fused-ring (bicyclic) bond motifs is 1. The molecule has 0 atom stereocenters. The first-order valence-electron chi connectivity index (χ1n) is 6.84. The zero-order valence-corrected chi connectivity index (χ0v) is 13.9. The van der Waals surface area contributed by atoms with Gasteiger partial charge < -0.3 is 4.74 Å². The molecule has 2 heterocycles. The van der Waals surface area contributed by atoms with Crippen molar-refractivity contribution in [2.24, 2.45) is 0 Å². The van der Waals surface area contributed by atoms with Crippen LogP contribution in [-0.4, -0.2) is 28.7 Å². The average molecular weight is 388 g/mol. The second-order valence-electron chi connectivity index (χ2n) is 4.86. The van der Waals surface area contributed by atoms with Gasteiger partial charge >= 0.3 is 6.18 Å². The SMILES string of the molecule is O=C(Nc1nc2ccccc2s1)c1cnc(OCC(F)(F)F)c(Cl)c1. The molecule has 0 radical (unpaired) electrons. The van der Waals surface area contributed by atoms with Gasteiger partial charge in [0.15, 0.2) is 11.7 Å². The van der Waals surface area contributed by atoms with Crippen molar-refractivity contribution in [1.82, 2.24) is 9.97 Å². The summed E-state index contributed by atoms with van der Waals surface area (Å²) < 4.78 is 41.8. The fraction of sp³-hybridized carbons (Fsp3) is 0.133. The van der Waals surface area contributed by atoms with Crippen LogP contribution in [-0.2, 0) is 0 Å². The molecule has 3 aromatic rings. The van der Waals surface area contributed by atoms with E-state index in [9.17, 15) is 18.0 Å². The van der Waals surface area contributed by atoms with Gasteiger partial charge in [-0.3, -0.25) is 10.1 Å². The number of thiazole rings is 1. The second kappa shape index (κ2) is 6.85. The van der Waals surface area contributed by atoms with Gasteiger partial charge in [0, 0.05) is 6.20 Å². The Kier molecular flexibility index (Phi) is 4.78. The van der Waals surface area contributed by atoms with Crippen molar-refractivity contribution in [3.05, 3.63) is 47.1 Å². The number of amides is 1. The molecule has 0 aliphatic carbocycles. The third kappa shape index (κ3) is 4.37. The number of nitrogens with zero attached hydrogens (tertiary/aromatic N) is 2. The van der Waals surface area contributed by atoms with E-state index < -0.39 is 24.6 Å². The molecule has 1 N–H and O–H groups in total. The van der Waals surface area contributed by atoms with Crippen LogP contribution in [0.2, 0.25) is 5.02 Å². The first-order valence-corrected chi connectivity index (χ1v) is 8.03. The first-order chi connectivity index (χ1) is 11.8. The molecule has 0 spiro atoms. The Bertz CT molecular complexity index is 897. The molecule has 1 aromatic carbocycles. The van der Waals surface area contributed by atoms with Crippen molar-refractivity contribution in [1.29, 1.82) is 0 Å². The van der Waals surface area contributed by atoms with Gasteiger partial charge in [-0.1, -0.05) is 35.1 Å². The number of alkyl halides is 3. The van der Waals surface area contributed by atoms with E-state index in [2.05, 4.69) is 20.0 Å². The molecule has 0 saturated heterocycles. The maximum Gasteiger partial charge on any atom is 0.422 e. The third-order valence-electron chi connectivity index (χ3n) is 2.96. The zero-order chi connectivity index (χ0) is 18.0.